The van der Waals surface area contributed by atoms with Crippen LogP contribution in [0.3, 0.4) is 0 Å². The molecule has 1 atom stereocenters. The van der Waals surface area contributed by atoms with E-state index in [0.717, 1.165) is 4.47 Å². The van der Waals surface area contributed by atoms with Gasteiger partial charge in [0.2, 0.25) is 0 Å². The molecule has 21 heavy (non-hydrogen) atoms. The van der Waals surface area contributed by atoms with Crippen molar-refractivity contribution in [3.8, 4) is 5.75 Å². The molecule has 0 spiro atoms. The number of carboxylic acid groups (broad SMARTS) is 1. The molecule has 0 bridgehead atoms. The van der Waals surface area contributed by atoms with Gasteiger partial charge < -0.3 is 19.5 Å². The quantitative estimate of drug-likeness (QED) is 0.864. The van der Waals surface area contributed by atoms with Gasteiger partial charge in [0, 0.05) is 17.6 Å². The van der Waals surface area contributed by atoms with Crippen LogP contribution < -0.4 is 4.74 Å². The minimum Gasteiger partial charge on any atom is -0.484 e. The van der Waals surface area contributed by atoms with E-state index in [9.17, 15) is 9.59 Å². The van der Waals surface area contributed by atoms with E-state index >= 15 is 0 Å². The number of nitrogens with zero attached hydrogens (tertiary/aromatic N) is 1. The number of aliphatic carboxylic acids is 1. The first-order valence-electron chi connectivity index (χ1n) is 6.54. The molecule has 0 aromatic heterocycles. The van der Waals surface area contributed by atoms with E-state index in [1.807, 2.05) is 12.1 Å². The second-order valence-corrected chi connectivity index (χ2v) is 5.59. The number of hydrogen-bond donors (Lipinski definition) is 1. The molecule has 1 amide bonds. The molecule has 114 valence electrons. The topological polar surface area (TPSA) is 76.1 Å². The van der Waals surface area contributed by atoms with Gasteiger partial charge in [-0.25, -0.2) is 0 Å². The van der Waals surface area contributed by atoms with Crippen molar-refractivity contribution >= 4 is 27.8 Å². The van der Waals surface area contributed by atoms with Crippen molar-refractivity contribution in [1.29, 1.82) is 0 Å². The molecule has 0 saturated carbocycles. The van der Waals surface area contributed by atoms with E-state index in [1.165, 1.54) is 0 Å². The van der Waals surface area contributed by atoms with Crippen molar-refractivity contribution in [3.63, 3.8) is 0 Å². The number of amides is 1. The smallest absolute Gasteiger partial charge is 0.306 e. The van der Waals surface area contributed by atoms with Crippen LogP contribution in [0.5, 0.6) is 5.75 Å². The van der Waals surface area contributed by atoms with Crippen molar-refractivity contribution in [2.45, 2.75) is 12.5 Å². The van der Waals surface area contributed by atoms with Crippen LogP contribution in [0.4, 0.5) is 0 Å². The van der Waals surface area contributed by atoms with Crippen molar-refractivity contribution < 1.29 is 24.2 Å². The fraction of sp³-hybridized carbons (Fsp3) is 0.429. The van der Waals surface area contributed by atoms with Crippen LogP contribution in [0.15, 0.2) is 28.7 Å². The van der Waals surface area contributed by atoms with E-state index in [-0.39, 0.29) is 25.5 Å². The van der Waals surface area contributed by atoms with Crippen LogP contribution in [0.2, 0.25) is 0 Å². The molecular formula is C14H16BrNO5. The van der Waals surface area contributed by atoms with Gasteiger partial charge in [-0.2, -0.15) is 0 Å². The highest BCUT2D eigenvalue weighted by Crippen LogP contribution is 2.18. The lowest BCUT2D eigenvalue weighted by Crippen LogP contribution is -2.47. The molecule has 0 aliphatic carbocycles. The van der Waals surface area contributed by atoms with Crippen molar-refractivity contribution in [2.75, 3.05) is 26.3 Å². The van der Waals surface area contributed by atoms with Gasteiger partial charge in [-0.15, -0.1) is 0 Å². The summed E-state index contributed by atoms with van der Waals surface area (Å²) < 4.78 is 11.6. The molecule has 1 N–H and O–H groups in total. The molecular weight excluding hydrogens is 342 g/mol. The number of morpholine rings is 1. The zero-order valence-electron chi connectivity index (χ0n) is 11.3. The first-order valence-corrected chi connectivity index (χ1v) is 7.33. The van der Waals surface area contributed by atoms with E-state index in [1.54, 1.807) is 17.0 Å². The van der Waals surface area contributed by atoms with Gasteiger partial charge in [0.15, 0.2) is 6.61 Å². The van der Waals surface area contributed by atoms with Crippen molar-refractivity contribution in [1.82, 2.24) is 4.90 Å². The fourth-order valence-corrected chi connectivity index (χ4v) is 2.44. The van der Waals surface area contributed by atoms with Crippen LogP contribution in [-0.2, 0) is 14.3 Å². The summed E-state index contributed by atoms with van der Waals surface area (Å²) in [4.78, 5) is 24.3. The second kappa shape index (κ2) is 7.42. The lowest BCUT2D eigenvalue weighted by atomic mass is 10.2. The number of ether oxygens (including phenoxy) is 2. The molecule has 1 fully saturated rings. The first-order chi connectivity index (χ1) is 10.0. The normalized spacial score (nSPS) is 18.3. The Balaban J connectivity index is 1.83. The summed E-state index contributed by atoms with van der Waals surface area (Å²) in [5, 5.41) is 8.76. The summed E-state index contributed by atoms with van der Waals surface area (Å²) in [7, 11) is 0. The van der Waals surface area contributed by atoms with Gasteiger partial charge in [0.25, 0.3) is 5.91 Å². The molecule has 0 radical (unpaired) electrons. The fourth-order valence-electron chi connectivity index (χ4n) is 2.06. The number of halogens is 1. The highest BCUT2D eigenvalue weighted by atomic mass is 79.9. The summed E-state index contributed by atoms with van der Waals surface area (Å²) in [6.07, 6.45) is -0.554. The summed E-state index contributed by atoms with van der Waals surface area (Å²) >= 11 is 3.33. The molecule has 1 aliphatic heterocycles. The largest absolute Gasteiger partial charge is 0.484 e. The minimum absolute atomic E-state index is 0.0732. The Morgan fingerprint density at radius 1 is 1.48 bits per heavy atom. The Morgan fingerprint density at radius 3 is 3.00 bits per heavy atom. The molecule has 1 unspecified atom stereocenters. The summed E-state index contributed by atoms with van der Waals surface area (Å²) in [5.41, 5.74) is 0. The Labute approximate surface area is 130 Å². The third-order valence-corrected chi connectivity index (χ3v) is 3.55. The van der Waals surface area contributed by atoms with E-state index in [0.29, 0.717) is 18.9 Å². The van der Waals surface area contributed by atoms with Crippen LogP contribution in [0.1, 0.15) is 6.42 Å². The molecule has 1 saturated heterocycles. The van der Waals surface area contributed by atoms with Gasteiger partial charge >= 0.3 is 5.97 Å². The minimum atomic E-state index is -0.931. The maximum absolute atomic E-state index is 12.1. The number of benzene rings is 1. The van der Waals surface area contributed by atoms with Gasteiger partial charge in [0.1, 0.15) is 5.75 Å². The summed E-state index contributed by atoms with van der Waals surface area (Å²) in [6, 6.07) is 7.24. The summed E-state index contributed by atoms with van der Waals surface area (Å²) in [5.74, 6) is -0.499. The molecule has 1 heterocycles. The first kappa shape index (κ1) is 15.8. The van der Waals surface area contributed by atoms with Gasteiger partial charge in [0.05, 0.1) is 19.1 Å². The Hall–Kier alpha value is -1.60. The van der Waals surface area contributed by atoms with E-state index < -0.39 is 12.1 Å². The molecule has 1 aliphatic rings. The monoisotopic (exact) mass is 357 g/mol. The molecule has 7 heteroatoms. The Kier molecular flexibility index (Phi) is 5.58. The van der Waals surface area contributed by atoms with Crippen LogP contribution in [0, 0.1) is 0 Å². The van der Waals surface area contributed by atoms with Gasteiger partial charge in [-0.1, -0.05) is 22.0 Å². The number of carbonyl (C=O) groups is 2. The predicted molar refractivity (Wildman–Crippen MR) is 78.2 cm³/mol. The van der Waals surface area contributed by atoms with Crippen LogP contribution in [0.25, 0.3) is 0 Å². The van der Waals surface area contributed by atoms with E-state index in [2.05, 4.69) is 15.9 Å². The standard InChI is InChI=1S/C14H16BrNO5/c15-10-2-1-3-11(6-10)21-9-13(17)16-4-5-20-12(8-16)7-14(18)19/h1-3,6,12H,4-5,7-9H2,(H,18,19). The lowest BCUT2D eigenvalue weighted by molar-refractivity contribution is -0.148. The number of hydrogen-bond acceptors (Lipinski definition) is 4. The average molecular weight is 358 g/mol. The molecule has 2 rings (SSSR count). The van der Waals surface area contributed by atoms with Crippen molar-refractivity contribution in [3.05, 3.63) is 28.7 Å². The number of carbonyl (C=O) groups excluding carboxylic acids is 1. The second-order valence-electron chi connectivity index (χ2n) is 4.68. The average Bonchev–Trinajstić information content (AvgIpc) is 2.44. The van der Waals surface area contributed by atoms with Crippen LogP contribution in [-0.4, -0.2) is 54.3 Å². The summed E-state index contributed by atoms with van der Waals surface area (Å²) in [6.45, 7) is 1.01. The number of rotatable bonds is 5. The maximum Gasteiger partial charge on any atom is 0.306 e. The predicted octanol–water partition coefficient (Wildman–Crippen LogP) is 1.53. The SMILES string of the molecule is O=C(O)CC1CN(C(=O)COc2cccc(Br)c2)CCO1. The molecule has 1 aromatic rings. The highest BCUT2D eigenvalue weighted by molar-refractivity contribution is 9.10. The maximum atomic E-state index is 12.1. The van der Waals surface area contributed by atoms with Crippen molar-refractivity contribution in [2.24, 2.45) is 0 Å². The number of carboxylic acids is 1. The molecule has 1 aromatic carbocycles. The Bertz CT molecular complexity index is 522. The van der Waals surface area contributed by atoms with Gasteiger partial charge in [-0.05, 0) is 18.2 Å². The van der Waals surface area contributed by atoms with Gasteiger partial charge in [-0.3, -0.25) is 9.59 Å². The third kappa shape index (κ3) is 5.02. The third-order valence-electron chi connectivity index (χ3n) is 3.05. The van der Waals surface area contributed by atoms with Crippen LogP contribution >= 0.6 is 15.9 Å². The lowest BCUT2D eigenvalue weighted by Gasteiger charge is -2.32. The Morgan fingerprint density at radius 2 is 2.29 bits per heavy atom. The highest BCUT2D eigenvalue weighted by Gasteiger charge is 2.26. The molecule has 6 nitrogen and oxygen atoms in total. The zero-order chi connectivity index (χ0) is 15.2. The van der Waals surface area contributed by atoms with E-state index in [4.69, 9.17) is 14.6 Å². The zero-order valence-corrected chi connectivity index (χ0v) is 12.9.